The van der Waals surface area contributed by atoms with E-state index in [1.165, 1.54) is 0 Å². The average molecular weight is 296 g/mol. The molecular weight excluding hydrogens is 272 g/mol. The predicted octanol–water partition coefficient (Wildman–Crippen LogP) is 2.25. The molecule has 0 aromatic carbocycles. The second-order valence-electron chi connectivity index (χ2n) is 6.59. The molecule has 1 unspecified atom stereocenters. The molecule has 2 rings (SSSR count). The monoisotopic (exact) mass is 296 g/mol. The van der Waals surface area contributed by atoms with Crippen LogP contribution in [0.3, 0.4) is 0 Å². The second kappa shape index (κ2) is 5.91. The predicted molar refractivity (Wildman–Crippen MR) is 78.4 cm³/mol. The fourth-order valence-electron chi connectivity index (χ4n) is 2.25. The quantitative estimate of drug-likeness (QED) is 0.833. The lowest BCUT2D eigenvalue weighted by Gasteiger charge is -2.32. The number of likely N-dealkylation sites (tertiary alicyclic amines) is 1. The highest BCUT2D eigenvalue weighted by atomic mass is 16.6. The van der Waals surface area contributed by atoms with Crippen LogP contribution >= 0.6 is 0 Å². The third kappa shape index (κ3) is 4.09. The Hall–Kier alpha value is -1.79. The lowest BCUT2D eigenvalue weighted by atomic mass is 9.98. The number of nitrogens with zero attached hydrogens (tertiary/aromatic N) is 4. The molecular formula is C14H24N4O3. The summed E-state index contributed by atoms with van der Waals surface area (Å²) < 4.78 is 10.7. The highest BCUT2D eigenvalue weighted by Gasteiger charge is 2.31. The van der Waals surface area contributed by atoms with Crippen LogP contribution in [0.5, 0.6) is 0 Å². The van der Waals surface area contributed by atoms with Gasteiger partial charge in [-0.15, -0.1) is 0 Å². The maximum Gasteiger partial charge on any atom is 0.410 e. The number of carbonyl (C=O) groups is 1. The molecule has 0 aliphatic carbocycles. The van der Waals surface area contributed by atoms with Gasteiger partial charge in [0, 0.05) is 27.2 Å². The summed E-state index contributed by atoms with van der Waals surface area (Å²) >= 11 is 0. The first-order valence-electron chi connectivity index (χ1n) is 7.25. The molecule has 7 nitrogen and oxygen atoms in total. The third-order valence-electron chi connectivity index (χ3n) is 3.25. The minimum atomic E-state index is -0.480. The van der Waals surface area contributed by atoms with Crippen LogP contribution in [0.1, 0.15) is 45.4 Å². The molecule has 21 heavy (non-hydrogen) atoms. The first kappa shape index (κ1) is 15.6. The number of anilines is 1. The number of rotatable bonds is 2. The molecule has 1 aromatic heterocycles. The maximum atomic E-state index is 12.1. The normalized spacial score (nSPS) is 19.5. The van der Waals surface area contributed by atoms with Gasteiger partial charge < -0.3 is 19.1 Å². The van der Waals surface area contributed by atoms with Gasteiger partial charge in [0.2, 0.25) is 5.89 Å². The van der Waals surface area contributed by atoms with Gasteiger partial charge in [-0.25, -0.2) is 4.79 Å². The van der Waals surface area contributed by atoms with Gasteiger partial charge in [-0.05, 0) is 38.8 Å². The number of amides is 1. The van der Waals surface area contributed by atoms with E-state index in [2.05, 4.69) is 10.1 Å². The van der Waals surface area contributed by atoms with E-state index in [1.807, 2.05) is 34.9 Å². The number of piperidine rings is 1. The van der Waals surface area contributed by atoms with Crippen molar-refractivity contribution in [3.63, 3.8) is 0 Å². The van der Waals surface area contributed by atoms with E-state index >= 15 is 0 Å². The van der Waals surface area contributed by atoms with E-state index in [0.29, 0.717) is 24.9 Å². The molecule has 118 valence electrons. The van der Waals surface area contributed by atoms with Crippen molar-refractivity contribution in [2.75, 3.05) is 32.1 Å². The lowest BCUT2D eigenvalue weighted by Crippen LogP contribution is -2.42. The van der Waals surface area contributed by atoms with Gasteiger partial charge in [0.1, 0.15) is 5.60 Å². The van der Waals surface area contributed by atoms with E-state index in [4.69, 9.17) is 9.26 Å². The van der Waals surface area contributed by atoms with Crippen LogP contribution in [0, 0.1) is 0 Å². The molecule has 1 atom stereocenters. The molecule has 0 N–H and O–H groups in total. The Kier molecular flexibility index (Phi) is 4.39. The summed E-state index contributed by atoms with van der Waals surface area (Å²) in [4.78, 5) is 20.0. The van der Waals surface area contributed by atoms with Crippen LogP contribution in [0.2, 0.25) is 0 Å². The van der Waals surface area contributed by atoms with E-state index in [1.54, 1.807) is 9.80 Å². The molecule has 7 heteroatoms. The van der Waals surface area contributed by atoms with Crippen LogP contribution in [0.15, 0.2) is 4.52 Å². The molecule has 0 bridgehead atoms. The molecule has 2 heterocycles. The maximum absolute atomic E-state index is 12.1. The Balaban J connectivity index is 2.01. The van der Waals surface area contributed by atoms with Crippen molar-refractivity contribution >= 4 is 12.0 Å². The Morgan fingerprint density at radius 3 is 2.71 bits per heavy atom. The van der Waals surface area contributed by atoms with Crippen LogP contribution in [-0.2, 0) is 4.74 Å². The van der Waals surface area contributed by atoms with Gasteiger partial charge in [-0.2, -0.15) is 4.98 Å². The second-order valence-corrected chi connectivity index (χ2v) is 6.59. The van der Waals surface area contributed by atoms with E-state index < -0.39 is 5.60 Å². The van der Waals surface area contributed by atoms with E-state index in [0.717, 1.165) is 12.8 Å². The zero-order valence-electron chi connectivity index (χ0n) is 13.4. The molecule has 0 radical (unpaired) electrons. The first-order valence-corrected chi connectivity index (χ1v) is 7.25. The number of aromatic nitrogens is 2. The Labute approximate surface area is 125 Å². The summed E-state index contributed by atoms with van der Waals surface area (Å²) in [5.74, 6) is 1.22. The zero-order valence-corrected chi connectivity index (χ0v) is 13.4. The molecule has 1 saturated heterocycles. The topological polar surface area (TPSA) is 71.7 Å². The summed E-state index contributed by atoms with van der Waals surface area (Å²) in [6, 6.07) is 0. The van der Waals surface area contributed by atoms with Crippen molar-refractivity contribution in [2.45, 2.75) is 45.1 Å². The summed E-state index contributed by atoms with van der Waals surface area (Å²) in [6.07, 6.45) is 1.57. The van der Waals surface area contributed by atoms with Gasteiger partial charge in [-0.1, -0.05) is 0 Å². The van der Waals surface area contributed by atoms with Crippen molar-refractivity contribution in [1.29, 1.82) is 0 Å². The minimum Gasteiger partial charge on any atom is -0.444 e. The smallest absolute Gasteiger partial charge is 0.410 e. The van der Waals surface area contributed by atoms with Gasteiger partial charge >= 0.3 is 6.09 Å². The van der Waals surface area contributed by atoms with Crippen molar-refractivity contribution < 1.29 is 14.1 Å². The van der Waals surface area contributed by atoms with E-state index in [-0.39, 0.29) is 12.0 Å². The average Bonchev–Trinajstić information content (AvgIpc) is 2.86. The Bertz CT molecular complexity index is 493. The van der Waals surface area contributed by atoms with Crippen molar-refractivity contribution in [3.8, 4) is 0 Å². The summed E-state index contributed by atoms with van der Waals surface area (Å²) in [7, 11) is 3.73. The van der Waals surface area contributed by atoms with Crippen molar-refractivity contribution in [2.24, 2.45) is 0 Å². The highest BCUT2D eigenvalue weighted by molar-refractivity contribution is 5.68. The summed E-state index contributed by atoms with van der Waals surface area (Å²) in [5, 5.41) is 3.93. The van der Waals surface area contributed by atoms with Crippen molar-refractivity contribution in [3.05, 3.63) is 5.89 Å². The summed E-state index contributed by atoms with van der Waals surface area (Å²) in [5.41, 5.74) is -0.480. The lowest BCUT2D eigenvalue weighted by molar-refractivity contribution is 0.0189. The van der Waals surface area contributed by atoms with E-state index in [9.17, 15) is 4.79 Å². The Morgan fingerprint density at radius 1 is 1.43 bits per heavy atom. The molecule has 1 fully saturated rings. The molecule has 1 aliphatic rings. The number of carbonyl (C=O) groups excluding carboxylic acids is 1. The van der Waals surface area contributed by atoms with Gasteiger partial charge in [0.25, 0.3) is 5.95 Å². The molecule has 1 aromatic rings. The van der Waals surface area contributed by atoms with Gasteiger partial charge in [0.05, 0.1) is 5.92 Å². The molecule has 0 spiro atoms. The highest BCUT2D eigenvalue weighted by Crippen LogP contribution is 2.27. The van der Waals surface area contributed by atoms with Crippen molar-refractivity contribution in [1.82, 2.24) is 15.0 Å². The van der Waals surface area contributed by atoms with Crippen LogP contribution < -0.4 is 4.90 Å². The summed E-state index contributed by atoms with van der Waals surface area (Å²) in [6.45, 7) is 6.87. The fraction of sp³-hybridized carbons (Fsp3) is 0.786. The molecule has 0 saturated carbocycles. The largest absolute Gasteiger partial charge is 0.444 e. The standard InChI is InChI=1S/C14H24N4O3/c1-14(2,3)20-13(19)18-8-6-7-10(9-18)11-15-12(16-21-11)17(4)5/h10H,6-9H2,1-5H3. The first-order chi connectivity index (χ1) is 9.76. The number of hydrogen-bond acceptors (Lipinski definition) is 6. The van der Waals surface area contributed by atoms with Gasteiger partial charge in [0.15, 0.2) is 0 Å². The van der Waals surface area contributed by atoms with Crippen LogP contribution in [0.4, 0.5) is 10.7 Å². The fourth-order valence-corrected chi connectivity index (χ4v) is 2.25. The Morgan fingerprint density at radius 2 is 2.14 bits per heavy atom. The number of ether oxygens (including phenoxy) is 1. The van der Waals surface area contributed by atoms with Crippen LogP contribution in [-0.4, -0.2) is 53.9 Å². The molecule has 1 aliphatic heterocycles. The van der Waals surface area contributed by atoms with Crippen LogP contribution in [0.25, 0.3) is 0 Å². The third-order valence-corrected chi connectivity index (χ3v) is 3.25. The number of hydrogen-bond donors (Lipinski definition) is 0. The zero-order chi connectivity index (χ0) is 15.6. The van der Waals surface area contributed by atoms with Gasteiger partial charge in [-0.3, -0.25) is 0 Å². The molecule has 1 amide bonds. The SMILES string of the molecule is CN(C)c1noc(C2CCCN(C(=O)OC(C)(C)C)C2)n1. The minimum absolute atomic E-state index is 0.0764.